The Morgan fingerprint density at radius 3 is 2.19 bits per heavy atom. The highest BCUT2D eigenvalue weighted by atomic mass is 79.9. The molecule has 0 radical (unpaired) electrons. The normalized spacial score (nSPS) is 11.9. The first-order chi connectivity index (χ1) is 14.9. The Morgan fingerprint density at radius 1 is 0.935 bits per heavy atom. The van der Waals surface area contributed by atoms with Gasteiger partial charge < -0.3 is 14.9 Å². The van der Waals surface area contributed by atoms with E-state index in [1.165, 1.54) is 12.2 Å². The Balaban J connectivity index is 2.08. The molecule has 0 bridgehead atoms. The summed E-state index contributed by atoms with van der Waals surface area (Å²) in [5.41, 5.74) is 1.74. The van der Waals surface area contributed by atoms with Crippen LogP contribution in [0.15, 0.2) is 70.2 Å². The molecule has 2 N–H and O–H groups in total. The number of unbranched alkanes of at least 4 members (excludes halogenated alkanes) is 3. The molecular weight excluding hydrogens is 460 g/mol. The predicted molar refractivity (Wildman–Crippen MR) is 125 cm³/mol. The summed E-state index contributed by atoms with van der Waals surface area (Å²) >= 11 is 3.40. The maximum absolute atomic E-state index is 11.7. The molecule has 0 amide bonds. The predicted octanol–water partition coefficient (Wildman–Crippen LogP) is 6.48. The van der Waals surface area contributed by atoms with E-state index in [1.807, 2.05) is 24.3 Å². The van der Waals surface area contributed by atoms with Crippen LogP contribution in [0.3, 0.4) is 0 Å². The van der Waals surface area contributed by atoms with Crippen LogP contribution in [0, 0.1) is 0 Å². The Morgan fingerprint density at radius 2 is 1.61 bits per heavy atom. The molecule has 0 saturated carbocycles. The monoisotopic (exact) mass is 486 g/mol. The average molecular weight is 487 g/mol. The van der Waals surface area contributed by atoms with Crippen LogP contribution >= 0.6 is 15.9 Å². The van der Waals surface area contributed by atoms with Gasteiger partial charge in [-0.1, -0.05) is 66.4 Å². The minimum absolute atomic E-state index is 0.0589. The highest BCUT2D eigenvalue weighted by molar-refractivity contribution is 9.10. The molecule has 31 heavy (non-hydrogen) atoms. The van der Waals surface area contributed by atoms with Gasteiger partial charge in [0.1, 0.15) is 12.4 Å². The Labute approximate surface area is 191 Å². The van der Waals surface area contributed by atoms with E-state index in [0.29, 0.717) is 24.3 Å². The standard InChI is InChI=1S/C25H27BrO5/c1-2-3-4-5-6-20(24(27)28)16-21(25(29)30)15-18-9-13-23(14-10-18)31-17-19-7-11-22(26)12-8-19/h7-16H,2-6,17H2,1H3,(H,27,28)(H,29,30). The number of hydrogen-bond acceptors (Lipinski definition) is 3. The molecule has 0 aliphatic carbocycles. The van der Waals surface area contributed by atoms with Crippen LogP contribution in [-0.2, 0) is 16.2 Å². The summed E-state index contributed by atoms with van der Waals surface area (Å²) in [5.74, 6) is -1.59. The van der Waals surface area contributed by atoms with Crippen molar-refractivity contribution < 1.29 is 24.5 Å². The van der Waals surface area contributed by atoms with E-state index in [1.54, 1.807) is 24.3 Å². The molecular formula is C25H27BrO5. The van der Waals surface area contributed by atoms with Crippen LogP contribution in [0.1, 0.15) is 50.2 Å². The molecule has 5 nitrogen and oxygen atoms in total. The van der Waals surface area contributed by atoms with Crippen LogP contribution in [0.4, 0.5) is 0 Å². The van der Waals surface area contributed by atoms with Crippen molar-refractivity contribution in [2.24, 2.45) is 0 Å². The van der Waals surface area contributed by atoms with Crippen molar-refractivity contribution in [1.82, 2.24) is 0 Å². The highest BCUT2D eigenvalue weighted by Crippen LogP contribution is 2.19. The second kappa shape index (κ2) is 12.7. The first kappa shape index (κ1) is 24.4. The van der Waals surface area contributed by atoms with Gasteiger partial charge >= 0.3 is 11.9 Å². The lowest BCUT2D eigenvalue weighted by molar-refractivity contribution is -0.133. The van der Waals surface area contributed by atoms with Crippen molar-refractivity contribution in [2.45, 2.75) is 45.6 Å². The molecule has 0 unspecified atom stereocenters. The zero-order chi connectivity index (χ0) is 22.6. The first-order valence-corrected chi connectivity index (χ1v) is 11.0. The lowest BCUT2D eigenvalue weighted by atomic mass is 10.0. The minimum atomic E-state index is -1.16. The topological polar surface area (TPSA) is 83.8 Å². The average Bonchev–Trinajstić information content (AvgIpc) is 2.75. The number of carboxylic acid groups (broad SMARTS) is 2. The SMILES string of the molecule is CCCCCCC(=CC(=Cc1ccc(OCc2ccc(Br)cc2)cc1)C(=O)O)C(=O)O. The van der Waals surface area contributed by atoms with Gasteiger partial charge in [-0.2, -0.15) is 0 Å². The van der Waals surface area contributed by atoms with Gasteiger partial charge in [0, 0.05) is 10.0 Å². The van der Waals surface area contributed by atoms with E-state index in [0.717, 1.165) is 35.7 Å². The molecule has 0 saturated heterocycles. The van der Waals surface area contributed by atoms with E-state index in [-0.39, 0.29) is 11.1 Å². The molecule has 2 aromatic rings. The first-order valence-electron chi connectivity index (χ1n) is 10.2. The lowest BCUT2D eigenvalue weighted by Crippen LogP contribution is -2.05. The van der Waals surface area contributed by atoms with Crippen molar-refractivity contribution in [3.05, 3.63) is 81.4 Å². The lowest BCUT2D eigenvalue weighted by Gasteiger charge is -2.07. The van der Waals surface area contributed by atoms with Crippen molar-refractivity contribution in [2.75, 3.05) is 0 Å². The number of carbonyl (C=O) groups is 2. The number of rotatable bonds is 12. The van der Waals surface area contributed by atoms with Crippen molar-refractivity contribution in [3.8, 4) is 5.75 Å². The van der Waals surface area contributed by atoms with Crippen LogP contribution < -0.4 is 4.74 Å². The van der Waals surface area contributed by atoms with Crippen molar-refractivity contribution in [1.29, 1.82) is 0 Å². The molecule has 6 heteroatoms. The molecule has 0 atom stereocenters. The third-order valence-corrected chi connectivity index (χ3v) is 5.20. The molecule has 0 aliphatic rings. The second-order valence-electron chi connectivity index (χ2n) is 7.17. The number of benzene rings is 2. The van der Waals surface area contributed by atoms with E-state index < -0.39 is 11.9 Å². The number of aliphatic carboxylic acids is 2. The van der Waals surface area contributed by atoms with Gasteiger partial charge in [-0.3, -0.25) is 0 Å². The fraction of sp³-hybridized carbons (Fsp3) is 0.280. The zero-order valence-corrected chi connectivity index (χ0v) is 19.1. The quantitative estimate of drug-likeness (QED) is 0.204. The summed E-state index contributed by atoms with van der Waals surface area (Å²) in [6.07, 6.45) is 6.81. The largest absolute Gasteiger partial charge is 0.489 e. The number of halogens is 1. The number of ether oxygens (including phenoxy) is 1. The summed E-state index contributed by atoms with van der Waals surface area (Å²) < 4.78 is 6.76. The molecule has 0 spiro atoms. The maximum Gasteiger partial charge on any atom is 0.335 e. The van der Waals surface area contributed by atoms with E-state index in [9.17, 15) is 19.8 Å². The molecule has 0 fully saturated rings. The maximum atomic E-state index is 11.7. The van der Waals surface area contributed by atoms with Crippen LogP contribution in [0.25, 0.3) is 6.08 Å². The van der Waals surface area contributed by atoms with Crippen molar-refractivity contribution in [3.63, 3.8) is 0 Å². The van der Waals surface area contributed by atoms with Gasteiger partial charge in [0.25, 0.3) is 0 Å². The summed E-state index contributed by atoms with van der Waals surface area (Å²) in [4.78, 5) is 23.2. The van der Waals surface area contributed by atoms with Crippen LogP contribution in [-0.4, -0.2) is 22.2 Å². The van der Waals surface area contributed by atoms with E-state index in [2.05, 4.69) is 22.9 Å². The van der Waals surface area contributed by atoms with Gasteiger partial charge in [-0.25, -0.2) is 9.59 Å². The molecule has 0 heterocycles. The fourth-order valence-electron chi connectivity index (χ4n) is 2.92. The van der Waals surface area contributed by atoms with Gasteiger partial charge in [0.05, 0.1) is 5.57 Å². The van der Waals surface area contributed by atoms with Crippen molar-refractivity contribution >= 4 is 33.9 Å². The third kappa shape index (κ3) is 8.80. The summed E-state index contributed by atoms with van der Waals surface area (Å²) in [6.45, 7) is 2.50. The van der Waals surface area contributed by atoms with Crippen LogP contribution in [0.2, 0.25) is 0 Å². The third-order valence-electron chi connectivity index (χ3n) is 4.67. The van der Waals surface area contributed by atoms with Gasteiger partial charge in [0.15, 0.2) is 0 Å². The zero-order valence-electron chi connectivity index (χ0n) is 17.5. The number of carboxylic acids is 2. The smallest absolute Gasteiger partial charge is 0.335 e. The molecule has 164 valence electrons. The summed E-state index contributed by atoms with van der Waals surface area (Å²) in [7, 11) is 0. The van der Waals surface area contributed by atoms with Gasteiger partial charge in [-0.05, 0) is 60.4 Å². The molecule has 0 aliphatic heterocycles. The Hall–Kier alpha value is -2.86. The molecule has 0 aromatic heterocycles. The summed E-state index contributed by atoms with van der Waals surface area (Å²) in [6, 6.07) is 14.8. The van der Waals surface area contributed by atoms with E-state index in [4.69, 9.17) is 4.74 Å². The Kier molecular flexibility index (Phi) is 10.0. The molecule has 2 rings (SSSR count). The highest BCUT2D eigenvalue weighted by Gasteiger charge is 2.12. The summed E-state index contributed by atoms with van der Waals surface area (Å²) in [5, 5.41) is 18.9. The van der Waals surface area contributed by atoms with Crippen LogP contribution in [0.5, 0.6) is 5.75 Å². The minimum Gasteiger partial charge on any atom is -0.489 e. The van der Waals surface area contributed by atoms with Gasteiger partial charge in [-0.15, -0.1) is 0 Å². The molecule has 2 aromatic carbocycles. The Bertz CT molecular complexity index is 927. The second-order valence-corrected chi connectivity index (χ2v) is 8.09. The van der Waals surface area contributed by atoms with Gasteiger partial charge in [0.2, 0.25) is 0 Å². The fourth-order valence-corrected chi connectivity index (χ4v) is 3.19. The number of hydrogen-bond donors (Lipinski definition) is 2. The van der Waals surface area contributed by atoms with E-state index >= 15 is 0 Å².